The molecule has 0 bridgehead atoms. The van der Waals surface area contributed by atoms with E-state index in [-0.39, 0.29) is 19.3 Å². The number of para-hydroxylation sites is 1. The first-order chi connectivity index (χ1) is 17.0. The molecule has 1 aromatic heterocycles. The van der Waals surface area contributed by atoms with Gasteiger partial charge in [0, 0.05) is 10.9 Å². The number of carbonyl (C=O) groups is 1. The van der Waals surface area contributed by atoms with E-state index in [1.54, 1.807) is 11.3 Å². The molecular weight excluding hydrogens is 462 g/mol. The molecule has 8 heteroatoms. The van der Waals surface area contributed by atoms with Gasteiger partial charge in [0.1, 0.15) is 5.75 Å². The number of nitrogens with one attached hydrogen (secondary N) is 1. The lowest BCUT2D eigenvalue weighted by Crippen LogP contribution is -2.25. The zero-order valence-corrected chi connectivity index (χ0v) is 20.1. The van der Waals surface area contributed by atoms with Crippen LogP contribution in [0.4, 0.5) is 11.4 Å². The van der Waals surface area contributed by atoms with Gasteiger partial charge in [0.25, 0.3) is 5.91 Å². The second-order valence-electron chi connectivity index (χ2n) is 8.58. The van der Waals surface area contributed by atoms with E-state index in [4.69, 9.17) is 19.2 Å². The number of carbonyl (C=O) groups excluding carboxylic acids is 1. The van der Waals surface area contributed by atoms with Gasteiger partial charge < -0.3 is 24.1 Å². The minimum Gasteiger partial charge on any atom is -0.482 e. The van der Waals surface area contributed by atoms with Crippen molar-refractivity contribution >= 4 is 28.6 Å². The van der Waals surface area contributed by atoms with Gasteiger partial charge in [-0.15, -0.1) is 11.3 Å². The van der Waals surface area contributed by atoms with Gasteiger partial charge in [0.05, 0.1) is 23.6 Å². The first-order valence-corrected chi connectivity index (χ1v) is 12.2. The quantitative estimate of drug-likeness (QED) is 0.433. The molecular formula is C27H23N3O4S. The molecule has 1 N–H and O–H groups in total. The normalized spacial score (nSPS) is 14.5. The second-order valence-corrected chi connectivity index (χ2v) is 9.41. The Bertz CT molecular complexity index is 1520. The van der Waals surface area contributed by atoms with Crippen LogP contribution < -0.4 is 24.3 Å². The number of rotatable bonds is 4. The fourth-order valence-corrected chi connectivity index (χ4v) is 5.26. The molecule has 0 aliphatic carbocycles. The first-order valence-electron chi connectivity index (χ1n) is 11.3. The third kappa shape index (κ3) is 4.06. The van der Waals surface area contributed by atoms with E-state index in [1.807, 2.05) is 42.5 Å². The van der Waals surface area contributed by atoms with Crippen molar-refractivity contribution in [3.8, 4) is 28.5 Å². The number of amides is 1. The smallest absolute Gasteiger partial charge is 0.262 e. The molecule has 0 saturated heterocycles. The van der Waals surface area contributed by atoms with Crippen molar-refractivity contribution in [1.29, 1.82) is 0 Å². The number of benzene rings is 3. The predicted octanol–water partition coefficient (Wildman–Crippen LogP) is 5.17. The van der Waals surface area contributed by atoms with Gasteiger partial charge in [-0.3, -0.25) is 4.79 Å². The van der Waals surface area contributed by atoms with E-state index < -0.39 is 0 Å². The summed E-state index contributed by atoms with van der Waals surface area (Å²) >= 11 is 1.59. The van der Waals surface area contributed by atoms with E-state index in [2.05, 4.69) is 41.2 Å². The molecule has 3 aromatic carbocycles. The molecule has 0 unspecified atom stereocenters. The van der Waals surface area contributed by atoms with E-state index in [0.717, 1.165) is 49.9 Å². The third-order valence-electron chi connectivity index (χ3n) is 6.13. The number of fused-ring (bicyclic) bond motifs is 2. The number of hydrogen-bond acceptors (Lipinski definition) is 6. The summed E-state index contributed by atoms with van der Waals surface area (Å²) in [6.45, 7) is 5.03. The zero-order valence-electron chi connectivity index (χ0n) is 19.3. The van der Waals surface area contributed by atoms with Crippen LogP contribution in [0.15, 0.2) is 65.0 Å². The highest BCUT2D eigenvalue weighted by Gasteiger charge is 2.19. The molecule has 0 atom stereocenters. The van der Waals surface area contributed by atoms with Crippen molar-refractivity contribution in [1.82, 2.24) is 4.57 Å². The minimum absolute atomic E-state index is 0.0354. The molecule has 3 heterocycles. The van der Waals surface area contributed by atoms with Crippen molar-refractivity contribution in [2.45, 2.75) is 20.4 Å². The van der Waals surface area contributed by atoms with Gasteiger partial charge in [-0.1, -0.05) is 24.3 Å². The van der Waals surface area contributed by atoms with Crippen LogP contribution >= 0.6 is 11.3 Å². The van der Waals surface area contributed by atoms with Crippen LogP contribution in [0.5, 0.6) is 17.2 Å². The highest BCUT2D eigenvalue weighted by Crippen LogP contribution is 2.35. The lowest BCUT2D eigenvalue weighted by Gasteiger charge is -2.19. The average molecular weight is 486 g/mol. The van der Waals surface area contributed by atoms with Crippen LogP contribution in [-0.4, -0.2) is 23.9 Å². The summed E-state index contributed by atoms with van der Waals surface area (Å²) in [6.07, 6.45) is 0. The van der Waals surface area contributed by atoms with E-state index in [1.165, 1.54) is 0 Å². The average Bonchev–Trinajstić information content (AvgIpc) is 3.48. The second kappa shape index (κ2) is 8.63. The summed E-state index contributed by atoms with van der Waals surface area (Å²) in [7, 11) is 0. The number of nitrogens with zero attached hydrogens (tertiary/aromatic N) is 2. The topological polar surface area (TPSA) is 74.1 Å². The third-order valence-corrected chi connectivity index (χ3v) is 6.99. The van der Waals surface area contributed by atoms with Crippen LogP contribution in [0.2, 0.25) is 0 Å². The molecule has 7 nitrogen and oxygen atoms in total. The SMILES string of the molecule is Cc1cccc(C)c1N=c1scc(-c2ccc3c(c2)NC(=O)CO3)n1Cc1ccc2c(c1)OCO2. The standard InChI is InChI=1S/C27H23N3O4S/c1-16-4-3-5-17(2)26(16)29-27-30(12-18-6-8-23-24(10-18)34-15-33-23)21(14-35-27)19-7-9-22-20(11-19)28-25(31)13-32-22/h3-11,14H,12-13,15H2,1-2H3,(H,28,31). The number of thiazole rings is 1. The van der Waals surface area contributed by atoms with E-state index in [9.17, 15) is 4.79 Å². The van der Waals surface area contributed by atoms with Gasteiger partial charge in [-0.05, 0) is 60.9 Å². The Kier molecular flexibility index (Phi) is 5.30. The molecule has 0 fully saturated rings. The molecule has 0 spiro atoms. The number of ether oxygens (including phenoxy) is 3. The van der Waals surface area contributed by atoms with Crippen molar-refractivity contribution in [3.05, 3.63) is 81.5 Å². The minimum atomic E-state index is -0.154. The summed E-state index contributed by atoms with van der Waals surface area (Å²) in [5.74, 6) is 2.03. The molecule has 6 rings (SSSR count). The van der Waals surface area contributed by atoms with Gasteiger partial charge in [-0.2, -0.15) is 0 Å². The maximum atomic E-state index is 11.9. The van der Waals surface area contributed by atoms with E-state index in [0.29, 0.717) is 18.0 Å². The van der Waals surface area contributed by atoms with Crippen LogP contribution in [0.1, 0.15) is 16.7 Å². The zero-order chi connectivity index (χ0) is 23.9. The summed E-state index contributed by atoms with van der Waals surface area (Å²) < 4.78 is 18.8. The molecule has 4 aromatic rings. The Morgan fingerprint density at radius 2 is 1.77 bits per heavy atom. The molecule has 0 saturated carbocycles. The van der Waals surface area contributed by atoms with Crippen molar-refractivity contribution in [2.75, 3.05) is 18.7 Å². The Labute approximate surface area is 206 Å². The Morgan fingerprint density at radius 1 is 0.971 bits per heavy atom. The summed E-state index contributed by atoms with van der Waals surface area (Å²) in [6, 6.07) is 18.1. The predicted molar refractivity (Wildman–Crippen MR) is 135 cm³/mol. The van der Waals surface area contributed by atoms with Crippen molar-refractivity contribution in [2.24, 2.45) is 4.99 Å². The molecule has 176 valence electrons. The van der Waals surface area contributed by atoms with Crippen LogP contribution in [0.3, 0.4) is 0 Å². The molecule has 2 aliphatic rings. The largest absolute Gasteiger partial charge is 0.482 e. The highest BCUT2D eigenvalue weighted by molar-refractivity contribution is 7.07. The Hall–Kier alpha value is -4.04. The Morgan fingerprint density at radius 3 is 2.63 bits per heavy atom. The summed E-state index contributed by atoms with van der Waals surface area (Å²) in [4.78, 5) is 17.8. The van der Waals surface area contributed by atoms with E-state index >= 15 is 0 Å². The maximum Gasteiger partial charge on any atom is 0.262 e. The van der Waals surface area contributed by atoms with Crippen molar-refractivity contribution < 1.29 is 19.0 Å². The highest BCUT2D eigenvalue weighted by atomic mass is 32.1. The molecule has 1 amide bonds. The molecule has 0 radical (unpaired) electrons. The fourth-order valence-electron chi connectivity index (χ4n) is 4.34. The van der Waals surface area contributed by atoms with Crippen LogP contribution in [-0.2, 0) is 11.3 Å². The molecule has 2 aliphatic heterocycles. The fraction of sp³-hybridized carbons (Fsp3) is 0.185. The number of aromatic nitrogens is 1. The number of hydrogen-bond donors (Lipinski definition) is 1. The first kappa shape index (κ1) is 21.5. The summed E-state index contributed by atoms with van der Waals surface area (Å²) in [5, 5.41) is 5.01. The van der Waals surface area contributed by atoms with Gasteiger partial charge in [0.15, 0.2) is 22.9 Å². The number of anilines is 1. The van der Waals surface area contributed by atoms with Crippen molar-refractivity contribution in [3.63, 3.8) is 0 Å². The summed E-state index contributed by atoms with van der Waals surface area (Å²) in [5.41, 5.74) is 6.95. The maximum absolute atomic E-state index is 11.9. The van der Waals surface area contributed by atoms with Gasteiger partial charge in [-0.25, -0.2) is 4.99 Å². The van der Waals surface area contributed by atoms with Gasteiger partial charge >= 0.3 is 0 Å². The Balaban J connectivity index is 1.49. The van der Waals surface area contributed by atoms with Gasteiger partial charge in [0.2, 0.25) is 6.79 Å². The van der Waals surface area contributed by atoms with Crippen LogP contribution in [0, 0.1) is 13.8 Å². The van der Waals surface area contributed by atoms with Crippen LogP contribution in [0.25, 0.3) is 11.3 Å². The lowest BCUT2D eigenvalue weighted by molar-refractivity contribution is -0.118. The lowest BCUT2D eigenvalue weighted by atomic mass is 10.1. The monoisotopic (exact) mass is 485 g/mol. The molecule has 35 heavy (non-hydrogen) atoms. The number of aryl methyl sites for hydroxylation is 2.